The van der Waals surface area contributed by atoms with Crippen LogP contribution in [0.1, 0.15) is 76.0 Å². The number of amides is 2. The van der Waals surface area contributed by atoms with Crippen molar-refractivity contribution in [3.63, 3.8) is 0 Å². The highest BCUT2D eigenvalue weighted by Crippen LogP contribution is 2.29. The Labute approximate surface area is 242 Å². The SMILES string of the molecule is CSN1CCC(N2CC=C(c3cc(C(=O)NC/C(C)=C(C)/C=C(/C)NC=O)c4cnn(C(C)C)c4n3)CC2)CC1. The Morgan fingerprint density at radius 3 is 2.58 bits per heavy atom. The number of hydrogen-bond acceptors (Lipinski definition) is 7. The van der Waals surface area contributed by atoms with Crippen molar-refractivity contribution in [3.8, 4) is 0 Å². The van der Waals surface area contributed by atoms with Crippen molar-refractivity contribution < 1.29 is 9.59 Å². The lowest BCUT2D eigenvalue weighted by Gasteiger charge is -2.39. The van der Waals surface area contributed by atoms with Gasteiger partial charge >= 0.3 is 0 Å². The summed E-state index contributed by atoms with van der Waals surface area (Å²) >= 11 is 1.85. The van der Waals surface area contributed by atoms with Crippen LogP contribution in [0.3, 0.4) is 0 Å². The number of nitrogens with zero attached hydrogens (tertiary/aromatic N) is 5. The van der Waals surface area contributed by atoms with E-state index in [2.05, 4.69) is 51.1 Å². The van der Waals surface area contributed by atoms with Gasteiger partial charge in [-0.3, -0.25) is 18.8 Å². The van der Waals surface area contributed by atoms with Gasteiger partial charge in [0.1, 0.15) is 0 Å². The van der Waals surface area contributed by atoms with Crippen LogP contribution in [-0.4, -0.2) is 81.3 Å². The first kappa shape index (κ1) is 30.0. The lowest BCUT2D eigenvalue weighted by Crippen LogP contribution is -2.44. The van der Waals surface area contributed by atoms with E-state index in [4.69, 9.17) is 4.98 Å². The Balaban J connectivity index is 1.56. The predicted octanol–water partition coefficient (Wildman–Crippen LogP) is 4.56. The topological polar surface area (TPSA) is 95.4 Å². The number of rotatable bonds is 10. The molecule has 1 fully saturated rings. The molecule has 216 valence electrons. The number of hydrogen-bond donors (Lipinski definition) is 2. The van der Waals surface area contributed by atoms with E-state index < -0.39 is 0 Å². The molecule has 0 aromatic carbocycles. The summed E-state index contributed by atoms with van der Waals surface area (Å²) in [6.45, 7) is 14.6. The Morgan fingerprint density at radius 1 is 1.20 bits per heavy atom. The first-order valence-corrected chi connectivity index (χ1v) is 15.3. The minimum atomic E-state index is -0.144. The molecule has 10 heteroatoms. The van der Waals surface area contributed by atoms with Gasteiger partial charge in [-0.2, -0.15) is 5.10 Å². The zero-order valence-electron chi connectivity index (χ0n) is 24.7. The summed E-state index contributed by atoms with van der Waals surface area (Å²) in [5.74, 6) is -0.144. The first-order chi connectivity index (χ1) is 19.2. The largest absolute Gasteiger partial charge is 0.348 e. The number of carbonyl (C=O) groups excluding carboxylic acids is 2. The van der Waals surface area contributed by atoms with Gasteiger partial charge in [0.05, 0.1) is 22.8 Å². The number of piperidine rings is 1. The number of pyridine rings is 1. The number of carbonyl (C=O) groups is 2. The molecule has 0 unspecified atom stereocenters. The number of allylic oxidation sites excluding steroid dienone is 3. The fourth-order valence-corrected chi connectivity index (χ4v) is 5.99. The average Bonchev–Trinajstić information content (AvgIpc) is 3.40. The molecule has 0 radical (unpaired) electrons. The van der Waals surface area contributed by atoms with E-state index in [1.165, 1.54) is 18.4 Å². The zero-order valence-corrected chi connectivity index (χ0v) is 25.5. The quantitative estimate of drug-likeness (QED) is 0.248. The molecule has 0 aliphatic carbocycles. The van der Waals surface area contributed by atoms with Crippen LogP contribution < -0.4 is 10.6 Å². The maximum atomic E-state index is 13.5. The fraction of sp³-hybridized carbons (Fsp3) is 0.533. The second-order valence-corrected chi connectivity index (χ2v) is 11.9. The summed E-state index contributed by atoms with van der Waals surface area (Å²) in [5.41, 5.74) is 6.16. The normalized spacial score (nSPS) is 18.6. The third-order valence-corrected chi connectivity index (χ3v) is 8.86. The van der Waals surface area contributed by atoms with Gasteiger partial charge in [0, 0.05) is 50.5 Å². The van der Waals surface area contributed by atoms with E-state index in [0.29, 0.717) is 24.6 Å². The van der Waals surface area contributed by atoms with Crippen molar-refractivity contribution in [2.75, 3.05) is 39.0 Å². The second kappa shape index (κ2) is 13.6. The van der Waals surface area contributed by atoms with Crippen LogP contribution in [0, 0.1) is 0 Å². The standard InChI is InChI=1S/C30H43N7O2S/c1-20(2)37-29-27(18-33-37)26(30(39)31-17-22(4)21(3)15-23(5)32-19-38)16-28(34-29)24-7-11-35(12-8-24)25-9-13-36(40-6)14-10-25/h7,15-16,18-20,25H,8-14,17H2,1-6H3,(H,31,39)(H,32,38)/b22-21+,23-15-. The minimum absolute atomic E-state index is 0.127. The number of aromatic nitrogens is 3. The van der Waals surface area contributed by atoms with E-state index in [0.717, 1.165) is 66.2 Å². The molecular weight excluding hydrogens is 522 g/mol. The lowest BCUT2D eigenvalue weighted by molar-refractivity contribution is -0.108. The molecule has 4 heterocycles. The van der Waals surface area contributed by atoms with Crippen LogP contribution in [0.5, 0.6) is 0 Å². The first-order valence-electron chi connectivity index (χ1n) is 14.2. The summed E-state index contributed by atoms with van der Waals surface area (Å²) in [6.07, 6.45) is 12.1. The van der Waals surface area contributed by atoms with Crippen molar-refractivity contribution in [2.24, 2.45) is 0 Å². The molecule has 4 rings (SSSR count). The Morgan fingerprint density at radius 2 is 1.95 bits per heavy atom. The average molecular weight is 566 g/mol. The molecule has 0 bridgehead atoms. The number of nitrogens with one attached hydrogen (secondary N) is 2. The summed E-state index contributed by atoms with van der Waals surface area (Å²) in [7, 11) is 0. The summed E-state index contributed by atoms with van der Waals surface area (Å²) in [5, 5.41) is 11.1. The Bertz CT molecular complexity index is 1320. The Kier molecular flexibility index (Phi) is 10.2. The molecule has 0 atom stereocenters. The van der Waals surface area contributed by atoms with Crippen molar-refractivity contribution in [3.05, 3.63) is 52.5 Å². The van der Waals surface area contributed by atoms with Crippen LogP contribution in [0.2, 0.25) is 0 Å². The molecule has 2 N–H and O–H groups in total. The minimum Gasteiger partial charge on any atom is -0.348 e. The zero-order chi connectivity index (χ0) is 28.8. The van der Waals surface area contributed by atoms with Crippen molar-refractivity contribution >= 4 is 40.9 Å². The lowest BCUT2D eigenvalue weighted by atomic mass is 9.98. The highest BCUT2D eigenvalue weighted by Gasteiger charge is 2.27. The van der Waals surface area contributed by atoms with E-state index in [-0.39, 0.29) is 11.9 Å². The molecule has 2 aromatic rings. The third-order valence-electron chi connectivity index (χ3n) is 7.97. The van der Waals surface area contributed by atoms with Crippen LogP contribution in [0.25, 0.3) is 16.6 Å². The van der Waals surface area contributed by atoms with Crippen LogP contribution in [0.4, 0.5) is 0 Å². The van der Waals surface area contributed by atoms with E-state index in [1.807, 2.05) is 49.5 Å². The fourth-order valence-electron chi connectivity index (χ4n) is 5.42. The van der Waals surface area contributed by atoms with Crippen LogP contribution in [-0.2, 0) is 4.79 Å². The highest BCUT2D eigenvalue weighted by atomic mass is 32.2. The molecule has 0 saturated carbocycles. The van der Waals surface area contributed by atoms with Gasteiger partial charge in [-0.1, -0.05) is 23.6 Å². The maximum absolute atomic E-state index is 13.5. The van der Waals surface area contributed by atoms with Gasteiger partial charge in [0.15, 0.2) is 5.65 Å². The molecule has 2 aliphatic rings. The van der Waals surface area contributed by atoms with Crippen LogP contribution in [0.15, 0.2) is 41.3 Å². The Hall–Kier alpha value is -2.95. The van der Waals surface area contributed by atoms with E-state index >= 15 is 0 Å². The molecule has 0 spiro atoms. The van der Waals surface area contributed by atoms with Crippen molar-refractivity contribution in [1.29, 1.82) is 0 Å². The molecule has 2 aliphatic heterocycles. The molecular formula is C30H43N7O2S. The maximum Gasteiger partial charge on any atom is 0.252 e. The van der Waals surface area contributed by atoms with Gasteiger partial charge in [-0.05, 0) is 83.4 Å². The van der Waals surface area contributed by atoms with E-state index in [9.17, 15) is 9.59 Å². The van der Waals surface area contributed by atoms with Gasteiger partial charge in [0.2, 0.25) is 6.41 Å². The third kappa shape index (κ3) is 7.03. The molecule has 2 aromatic heterocycles. The highest BCUT2D eigenvalue weighted by molar-refractivity contribution is 7.96. The predicted molar refractivity (Wildman–Crippen MR) is 164 cm³/mol. The molecule has 9 nitrogen and oxygen atoms in total. The summed E-state index contributed by atoms with van der Waals surface area (Å²) in [6, 6.07) is 2.70. The summed E-state index contributed by atoms with van der Waals surface area (Å²) in [4.78, 5) is 31.9. The van der Waals surface area contributed by atoms with E-state index in [1.54, 1.807) is 6.20 Å². The monoisotopic (exact) mass is 565 g/mol. The van der Waals surface area contributed by atoms with Gasteiger partial charge in [-0.25, -0.2) is 9.67 Å². The number of fused-ring (bicyclic) bond motifs is 1. The second-order valence-electron chi connectivity index (χ2n) is 11.0. The van der Waals surface area contributed by atoms with Gasteiger partial charge in [0.25, 0.3) is 5.91 Å². The molecule has 40 heavy (non-hydrogen) atoms. The van der Waals surface area contributed by atoms with Gasteiger partial charge in [-0.15, -0.1) is 0 Å². The van der Waals surface area contributed by atoms with Crippen molar-refractivity contribution in [2.45, 2.75) is 66.0 Å². The van der Waals surface area contributed by atoms with Crippen LogP contribution >= 0.6 is 11.9 Å². The van der Waals surface area contributed by atoms with Gasteiger partial charge < -0.3 is 10.6 Å². The summed E-state index contributed by atoms with van der Waals surface area (Å²) < 4.78 is 4.35. The molecule has 2 amide bonds. The van der Waals surface area contributed by atoms with Crippen molar-refractivity contribution in [1.82, 2.24) is 34.6 Å². The smallest absolute Gasteiger partial charge is 0.252 e. The molecule has 1 saturated heterocycles.